The average Bonchev–Trinajstić information content (AvgIpc) is 2.43. The van der Waals surface area contributed by atoms with Crippen molar-refractivity contribution in [2.45, 2.75) is 13.8 Å². The molecule has 3 N–H and O–H groups in total. The van der Waals surface area contributed by atoms with Crippen molar-refractivity contribution in [1.29, 1.82) is 0 Å². The number of nitrogen functional groups attached to an aromatic ring is 1. The number of hydrogen-bond donors (Lipinski definition) is 2. The number of rotatable bonds is 5. The number of halogens is 2. The maximum Gasteiger partial charge on any atom is 0.239 e. The van der Waals surface area contributed by atoms with Crippen molar-refractivity contribution >= 4 is 40.4 Å². The molecule has 0 aliphatic carbocycles. The normalized spacial score (nSPS) is 10.7. The van der Waals surface area contributed by atoms with Crippen LogP contribution in [-0.2, 0) is 0 Å². The number of benzene rings is 1. The third-order valence-electron chi connectivity index (χ3n) is 2.64. The first-order valence-electron chi connectivity index (χ1n) is 6.57. The van der Waals surface area contributed by atoms with Gasteiger partial charge in [-0.1, -0.05) is 37.0 Å². The van der Waals surface area contributed by atoms with Gasteiger partial charge in [0.2, 0.25) is 5.88 Å². The summed E-state index contributed by atoms with van der Waals surface area (Å²) in [6, 6.07) is 8.81. The third kappa shape index (κ3) is 4.41. The Morgan fingerprint density at radius 3 is 2.62 bits per heavy atom. The number of nitrogens with two attached hydrogens (primary N) is 1. The molecule has 1 heterocycles. The molecule has 2 aromatic rings. The molecular formula is C15H17Cl2N3O. The molecule has 6 heteroatoms. The molecule has 1 aromatic carbocycles. The first-order valence-corrected chi connectivity index (χ1v) is 7.32. The Labute approximate surface area is 134 Å². The van der Waals surface area contributed by atoms with Crippen molar-refractivity contribution < 1.29 is 4.74 Å². The number of anilines is 3. The Morgan fingerprint density at radius 2 is 1.95 bits per heavy atom. The number of hydrogen-bond acceptors (Lipinski definition) is 4. The van der Waals surface area contributed by atoms with Crippen LogP contribution >= 0.6 is 23.2 Å². The van der Waals surface area contributed by atoms with E-state index < -0.39 is 0 Å². The molecule has 0 aliphatic rings. The molecule has 0 radical (unpaired) electrons. The molecule has 112 valence electrons. The van der Waals surface area contributed by atoms with E-state index in [0.29, 0.717) is 40.0 Å². The Morgan fingerprint density at radius 1 is 1.19 bits per heavy atom. The third-order valence-corrected chi connectivity index (χ3v) is 3.37. The van der Waals surface area contributed by atoms with Gasteiger partial charge in [0.1, 0.15) is 5.82 Å². The van der Waals surface area contributed by atoms with Crippen LogP contribution < -0.4 is 15.8 Å². The van der Waals surface area contributed by atoms with Crippen LogP contribution in [0, 0.1) is 5.92 Å². The Bertz CT molecular complexity index is 632. The van der Waals surface area contributed by atoms with E-state index in [1.165, 1.54) is 0 Å². The summed E-state index contributed by atoms with van der Waals surface area (Å²) in [5.41, 5.74) is 7.16. The second-order valence-corrected chi connectivity index (χ2v) is 5.86. The molecule has 0 spiro atoms. The van der Waals surface area contributed by atoms with Crippen molar-refractivity contribution in [3.8, 4) is 5.88 Å². The van der Waals surface area contributed by atoms with E-state index in [-0.39, 0.29) is 0 Å². The minimum absolute atomic E-state index is 0.401. The highest BCUT2D eigenvalue weighted by Crippen LogP contribution is 2.28. The zero-order chi connectivity index (χ0) is 15.4. The summed E-state index contributed by atoms with van der Waals surface area (Å²) in [7, 11) is 0. The summed E-state index contributed by atoms with van der Waals surface area (Å²) in [5, 5.41) is 4.13. The zero-order valence-corrected chi connectivity index (χ0v) is 13.4. The monoisotopic (exact) mass is 325 g/mol. The van der Waals surface area contributed by atoms with Crippen LogP contribution in [0.15, 0.2) is 30.3 Å². The van der Waals surface area contributed by atoms with Crippen molar-refractivity contribution in [3.05, 3.63) is 40.4 Å². The highest BCUT2D eigenvalue weighted by atomic mass is 35.5. The zero-order valence-electron chi connectivity index (χ0n) is 11.9. The van der Waals surface area contributed by atoms with Gasteiger partial charge in [-0.25, -0.2) is 0 Å². The summed E-state index contributed by atoms with van der Waals surface area (Å²) >= 11 is 11.9. The van der Waals surface area contributed by atoms with Crippen LogP contribution in [0.4, 0.5) is 17.2 Å². The van der Waals surface area contributed by atoms with Crippen LogP contribution in [0.2, 0.25) is 10.0 Å². The van der Waals surface area contributed by atoms with E-state index in [2.05, 4.69) is 24.1 Å². The van der Waals surface area contributed by atoms with Gasteiger partial charge in [0.25, 0.3) is 0 Å². The van der Waals surface area contributed by atoms with E-state index in [9.17, 15) is 0 Å². The number of nitrogens with one attached hydrogen (secondary N) is 1. The van der Waals surface area contributed by atoms with Gasteiger partial charge >= 0.3 is 0 Å². The largest absolute Gasteiger partial charge is 0.476 e. The lowest BCUT2D eigenvalue weighted by molar-refractivity contribution is 0.263. The molecule has 0 saturated heterocycles. The van der Waals surface area contributed by atoms with Gasteiger partial charge in [-0.2, -0.15) is 4.98 Å². The van der Waals surface area contributed by atoms with Crippen LogP contribution in [0.25, 0.3) is 0 Å². The predicted octanol–water partition coefficient (Wildman–Crippen LogP) is 4.75. The summed E-state index contributed by atoms with van der Waals surface area (Å²) in [4.78, 5) is 4.36. The van der Waals surface area contributed by atoms with Crippen LogP contribution in [0.3, 0.4) is 0 Å². The smallest absolute Gasteiger partial charge is 0.239 e. The lowest BCUT2D eigenvalue weighted by atomic mass is 10.2. The van der Waals surface area contributed by atoms with E-state index in [0.717, 1.165) is 5.69 Å². The summed E-state index contributed by atoms with van der Waals surface area (Å²) < 4.78 is 5.60. The highest BCUT2D eigenvalue weighted by Gasteiger charge is 2.07. The minimum atomic E-state index is 0.401. The van der Waals surface area contributed by atoms with E-state index >= 15 is 0 Å². The minimum Gasteiger partial charge on any atom is -0.476 e. The number of aromatic nitrogens is 1. The Balaban J connectivity index is 2.16. The molecule has 0 fully saturated rings. The van der Waals surface area contributed by atoms with Crippen LogP contribution in [-0.4, -0.2) is 11.6 Å². The second-order valence-electron chi connectivity index (χ2n) is 5.05. The summed E-state index contributed by atoms with van der Waals surface area (Å²) in [5.74, 6) is 1.45. The fourth-order valence-corrected chi connectivity index (χ4v) is 1.90. The molecular weight excluding hydrogens is 309 g/mol. The Kier molecular flexibility index (Phi) is 5.15. The van der Waals surface area contributed by atoms with Gasteiger partial charge in [-0.3, -0.25) is 0 Å². The fraction of sp³-hybridized carbons (Fsp3) is 0.267. The maximum atomic E-state index is 5.98. The number of nitrogens with zero attached hydrogens (tertiary/aromatic N) is 1. The molecule has 4 nitrogen and oxygen atoms in total. The summed E-state index contributed by atoms with van der Waals surface area (Å²) in [6.07, 6.45) is 0. The van der Waals surface area contributed by atoms with Crippen LogP contribution in [0.5, 0.6) is 5.88 Å². The first-order chi connectivity index (χ1) is 9.95. The molecule has 0 aliphatic heterocycles. The van der Waals surface area contributed by atoms with Gasteiger partial charge < -0.3 is 15.8 Å². The lowest BCUT2D eigenvalue weighted by Gasteiger charge is -2.12. The quantitative estimate of drug-likeness (QED) is 0.832. The molecule has 2 rings (SSSR count). The summed E-state index contributed by atoms with van der Waals surface area (Å²) in [6.45, 7) is 4.69. The van der Waals surface area contributed by atoms with Crippen LogP contribution in [0.1, 0.15) is 13.8 Å². The molecule has 21 heavy (non-hydrogen) atoms. The molecule has 0 atom stereocenters. The van der Waals surface area contributed by atoms with Crippen molar-refractivity contribution in [3.63, 3.8) is 0 Å². The van der Waals surface area contributed by atoms with Crippen molar-refractivity contribution in [2.24, 2.45) is 5.92 Å². The molecule has 0 bridgehead atoms. The standard InChI is InChI=1S/C15H17Cl2N3O/c1-9(2)8-21-15-13(18)5-6-14(20-15)19-10-3-4-11(16)12(17)7-10/h3-7,9H,8,18H2,1-2H3,(H,19,20). The van der Waals surface area contributed by atoms with Gasteiger partial charge in [-0.05, 0) is 36.2 Å². The number of pyridine rings is 1. The SMILES string of the molecule is CC(C)COc1nc(Nc2ccc(Cl)c(Cl)c2)ccc1N. The predicted molar refractivity (Wildman–Crippen MR) is 88.7 cm³/mol. The van der Waals surface area contributed by atoms with Gasteiger partial charge in [-0.15, -0.1) is 0 Å². The molecule has 1 aromatic heterocycles. The second kappa shape index (κ2) is 6.87. The van der Waals surface area contributed by atoms with E-state index in [1.54, 1.807) is 24.3 Å². The molecule has 0 amide bonds. The van der Waals surface area contributed by atoms with Crippen molar-refractivity contribution in [1.82, 2.24) is 4.98 Å². The van der Waals surface area contributed by atoms with Gasteiger partial charge in [0.05, 0.1) is 22.3 Å². The Hall–Kier alpha value is -1.65. The molecule has 0 unspecified atom stereocenters. The van der Waals surface area contributed by atoms with E-state index in [1.807, 2.05) is 6.07 Å². The highest BCUT2D eigenvalue weighted by molar-refractivity contribution is 6.42. The first kappa shape index (κ1) is 15.7. The number of ether oxygens (including phenoxy) is 1. The lowest BCUT2D eigenvalue weighted by Crippen LogP contribution is -2.08. The topological polar surface area (TPSA) is 60.2 Å². The maximum absolute atomic E-state index is 5.98. The van der Waals surface area contributed by atoms with Crippen molar-refractivity contribution in [2.75, 3.05) is 17.7 Å². The average molecular weight is 326 g/mol. The van der Waals surface area contributed by atoms with E-state index in [4.69, 9.17) is 33.7 Å². The van der Waals surface area contributed by atoms with Gasteiger partial charge in [0, 0.05) is 5.69 Å². The molecule has 0 saturated carbocycles. The fourth-order valence-electron chi connectivity index (χ4n) is 1.60. The van der Waals surface area contributed by atoms with Gasteiger partial charge in [0.15, 0.2) is 0 Å².